The molecule has 4 aromatic rings. The summed E-state index contributed by atoms with van der Waals surface area (Å²) in [5, 5.41) is 2.86. The van der Waals surface area contributed by atoms with Crippen LogP contribution in [0.3, 0.4) is 0 Å². The number of hydrogen-bond donors (Lipinski definition) is 2. The summed E-state index contributed by atoms with van der Waals surface area (Å²) in [5.74, 6) is 0.666. The van der Waals surface area contributed by atoms with Gasteiger partial charge in [-0.05, 0) is 86.0 Å². The first-order chi connectivity index (χ1) is 16.2. The normalized spacial score (nSPS) is 11.3. The molecule has 2 N–H and O–H groups in total. The summed E-state index contributed by atoms with van der Waals surface area (Å²) in [6.07, 6.45) is 3.69. The Bertz CT molecular complexity index is 1420. The zero-order valence-corrected chi connectivity index (χ0v) is 20.1. The van der Waals surface area contributed by atoms with Crippen molar-refractivity contribution in [2.75, 3.05) is 10.0 Å². The van der Waals surface area contributed by atoms with Gasteiger partial charge in [0.25, 0.3) is 15.9 Å². The zero-order valence-electron chi connectivity index (χ0n) is 19.2. The van der Waals surface area contributed by atoms with Gasteiger partial charge < -0.3 is 9.88 Å². The van der Waals surface area contributed by atoms with Crippen molar-refractivity contribution >= 4 is 27.3 Å². The molecule has 0 unspecified atom stereocenters. The van der Waals surface area contributed by atoms with Crippen molar-refractivity contribution in [3.63, 3.8) is 0 Å². The van der Waals surface area contributed by atoms with Gasteiger partial charge in [0.1, 0.15) is 5.82 Å². The molecular weight excluding hydrogens is 448 g/mol. The lowest BCUT2D eigenvalue weighted by Gasteiger charge is -2.11. The fraction of sp³-hybridized carbons (Fsp3) is 0.154. The predicted octanol–water partition coefficient (Wildman–Crippen LogP) is 4.91. The van der Waals surface area contributed by atoms with Gasteiger partial charge in [-0.15, -0.1) is 0 Å². The Labute approximate surface area is 199 Å². The molecule has 0 saturated heterocycles. The number of imidazole rings is 1. The Morgan fingerprint density at radius 3 is 2.18 bits per heavy atom. The zero-order chi connectivity index (χ0) is 24.3. The van der Waals surface area contributed by atoms with E-state index in [0.29, 0.717) is 23.5 Å². The van der Waals surface area contributed by atoms with E-state index in [2.05, 4.69) is 15.0 Å². The molecule has 4 rings (SSSR count). The molecule has 0 radical (unpaired) electrons. The van der Waals surface area contributed by atoms with Gasteiger partial charge in [-0.1, -0.05) is 18.2 Å². The Balaban J connectivity index is 1.39. The van der Waals surface area contributed by atoms with Crippen LogP contribution in [0, 0.1) is 20.8 Å². The number of anilines is 2. The number of sulfonamides is 1. The number of nitrogens with zero attached hydrogens (tertiary/aromatic N) is 2. The lowest BCUT2D eigenvalue weighted by Crippen LogP contribution is -2.14. The second-order valence-corrected chi connectivity index (χ2v) is 9.86. The molecule has 0 bridgehead atoms. The molecule has 0 atom stereocenters. The number of amides is 1. The molecule has 34 heavy (non-hydrogen) atoms. The number of carbonyl (C=O) groups excluding carboxylic acids is 1. The average Bonchev–Trinajstić information content (AvgIpc) is 3.21. The number of nitrogens with one attached hydrogen (secondary N) is 2. The van der Waals surface area contributed by atoms with E-state index < -0.39 is 10.0 Å². The van der Waals surface area contributed by atoms with Crippen LogP contribution in [-0.2, 0) is 16.6 Å². The van der Waals surface area contributed by atoms with E-state index in [0.717, 1.165) is 22.5 Å². The van der Waals surface area contributed by atoms with E-state index in [-0.39, 0.29) is 10.8 Å². The lowest BCUT2D eigenvalue weighted by atomic mass is 10.1. The van der Waals surface area contributed by atoms with Crippen LogP contribution in [0.25, 0.3) is 0 Å². The summed E-state index contributed by atoms with van der Waals surface area (Å²) in [5.41, 5.74) is 4.51. The maximum Gasteiger partial charge on any atom is 0.261 e. The summed E-state index contributed by atoms with van der Waals surface area (Å²) in [6, 6.07) is 18.9. The third kappa shape index (κ3) is 5.35. The Kier molecular flexibility index (Phi) is 6.51. The number of aryl methyl sites for hydroxylation is 3. The summed E-state index contributed by atoms with van der Waals surface area (Å²) >= 11 is 0. The molecule has 1 heterocycles. The van der Waals surface area contributed by atoms with Gasteiger partial charge >= 0.3 is 0 Å². The predicted molar refractivity (Wildman–Crippen MR) is 134 cm³/mol. The van der Waals surface area contributed by atoms with Gasteiger partial charge in [-0.25, -0.2) is 13.4 Å². The molecule has 0 spiro atoms. The number of benzene rings is 3. The van der Waals surface area contributed by atoms with E-state index in [1.165, 1.54) is 0 Å². The lowest BCUT2D eigenvalue weighted by molar-refractivity contribution is 0.102. The van der Waals surface area contributed by atoms with Crippen LogP contribution in [0.2, 0.25) is 0 Å². The Morgan fingerprint density at radius 2 is 1.56 bits per heavy atom. The Morgan fingerprint density at radius 1 is 0.882 bits per heavy atom. The van der Waals surface area contributed by atoms with E-state index in [9.17, 15) is 13.2 Å². The van der Waals surface area contributed by atoms with Gasteiger partial charge in [0.05, 0.1) is 4.90 Å². The van der Waals surface area contributed by atoms with E-state index in [4.69, 9.17) is 0 Å². The number of carbonyl (C=O) groups is 1. The number of hydrogen-bond acceptors (Lipinski definition) is 4. The number of rotatable bonds is 7. The third-order valence-electron chi connectivity index (χ3n) is 5.68. The van der Waals surface area contributed by atoms with E-state index in [1.807, 2.05) is 55.8 Å². The average molecular weight is 475 g/mol. The molecule has 1 aromatic heterocycles. The van der Waals surface area contributed by atoms with Crippen molar-refractivity contribution in [2.45, 2.75) is 32.2 Å². The van der Waals surface area contributed by atoms with Crippen molar-refractivity contribution in [1.29, 1.82) is 0 Å². The van der Waals surface area contributed by atoms with Crippen LogP contribution >= 0.6 is 0 Å². The van der Waals surface area contributed by atoms with Crippen LogP contribution in [0.1, 0.15) is 32.9 Å². The molecule has 0 saturated carbocycles. The van der Waals surface area contributed by atoms with Crippen molar-refractivity contribution in [1.82, 2.24) is 9.55 Å². The summed E-state index contributed by atoms with van der Waals surface area (Å²) in [7, 11) is -3.72. The first kappa shape index (κ1) is 23.3. The highest BCUT2D eigenvalue weighted by Crippen LogP contribution is 2.20. The molecule has 7 nitrogen and oxygen atoms in total. The molecule has 0 aliphatic heterocycles. The molecule has 3 aromatic carbocycles. The number of aromatic nitrogens is 2. The minimum Gasteiger partial charge on any atom is -0.331 e. The van der Waals surface area contributed by atoms with Gasteiger partial charge in [0, 0.05) is 35.9 Å². The topological polar surface area (TPSA) is 93.1 Å². The second-order valence-electron chi connectivity index (χ2n) is 8.18. The quantitative estimate of drug-likeness (QED) is 0.398. The van der Waals surface area contributed by atoms with Crippen molar-refractivity contribution in [3.8, 4) is 0 Å². The summed E-state index contributed by atoms with van der Waals surface area (Å²) < 4.78 is 30.0. The van der Waals surface area contributed by atoms with Crippen molar-refractivity contribution < 1.29 is 13.2 Å². The van der Waals surface area contributed by atoms with Crippen LogP contribution in [0.15, 0.2) is 84.0 Å². The summed E-state index contributed by atoms with van der Waals surface area (Å²) in [4.78, 5) is 17.0. The molecule has 0 aliphatic rings. The highest BCUT2D eigenvalue weighted by Gasteiger charge is 2.15. The maximum absolute atomic E-state index is 12.7. The molecule has 8 heteroatoms. The largest absolute Gasteiger partial charge is 0.331 e. The molecule has 174 valence electrons. The fourth-order valence-corrected chi connectivity index (χ4v) is 4.59. The third-order valence-corrected chi connectivity index (χ3v) is 7.06. The molecule has 1 amide bonds. The molecule has 0 fully saturated rings. The minimum atomic E-state index is -3.72. The monoisotopic (exact) mass is 474 g/mol. The molecular formula is C26H26N4O3S. The first-order valence-electron chi connectivity index (χ1n) is 10.8. The van der Waals surface area contributed by atoms with Crippen molar-refractivity contribution in [2.24, 2.45) is 0 Å². The maximum atomic E-state index is 12.7. The van der Waals surface area contributed by atoms with Crippen LogP contribution < -0.4 is 10.0 Å². The van der Waals surface area contributed by atoms with Gasteiger partial charge in [0.15, 0.2) is 0 Å². The highest BCUT2D eigenvalue weighted by atomic mass is 32.2. The first-order valence-corrected chi connectivity index (χ1v) is 12.3. The smallest absolute Gasteiger partial charge is 0.261 e. The van der Waals surface area contributed by atoms with E-state index >= 15 is 0 Å². The van der Waals surface area contributed by atoms with Crippen molar-refractivity contribution in [3.05, 3.63) is 107 Å². The van der Waals surface area contributed by atoms with Crippen LogP contribution in [0.4, 0.5) is 11.4 Å². The summed E-state index contributed by atoms with van der Waals surface area (Å²) in [6.45, 7) is 6.46. The van der Waals surface area contributed by atoms with Gasteiger partial charge in [-0.2, -0.15) is 0 Å². The standard InChI is InChI=1S/C26H26N4O3S/c1-18-4-13-25(16-19(18)2)34(32,33)29-24-11-7-22(8-12-24)26(31)28-23-9-5-21(6-10-23)17-30-15-14-27-20(30)3/h4-16,29H,17H2,1-3H3,(H,28,31). The molecule has 0 aliphatic carbocycles. The van der Waals surface area contributed by atoms with Gasteiger partial charge in [0.2, 0.25) is 0 Å². The minimum absolute atomic E-state index is 0.198. The fourth-order valence-electron chi connectivity index (χ4n) is 3.45. The van der Waals surface area contributed by atoms with Gasteiger partial charge in [-0.3, -0.25) is 9.52 Å². The van der Waals surface area contributed by atoms with Crippen LogP contribution in [0.5, 0.6) is 0 Å². The highest BCUT2D eigenvalue weighted by molar-refractivity contribution is 7.92. The second kappa shape index (κ2) is 9.52. The van der Waals surface area contributed by atoms with E-state index in [1.54, 1.807) is 48.7 Å². The van der Waals surface area contributed by atoms with Crippen LogP contribution in [-0.4, -0.2) is 23.9 Å². The SMILES string of the molecule is Cc1ccc(S(=O)(=O)Nc2ccc(C(=O)Nc3ccc(Cn4ccnc4C)cc3)cc2)cc1C. The Hall–Kier alpha value is -3.91.